The van der Waals surface area contributed by atoms with E-state index in [2.05, 4.69) is 5.32 Å². The molecule has 0 heterocycles. The van der Waals surface area contributed by atoms with Crippen molar-refractivity contribution in [3.63, 3.8) is 0 Å². The number of aliphatic hydroxyl groups is 1. The average molecular weight is 385 g/mol. The van der Waals surface area contributed by atoms with E-state index in [4.69, 9.17) is 19.7 Å². The van der Waals surface area contributed by atoms with Crippen LogP contribution in [-0.2, 0) is 9.53 Å². The molecule has 148 valence electrons. The Kier molecular flexibility index (Phi) is 8.05. The summed E-state index contributed by atoms with van der Waals surface area (Å²) in [5, 5.41) is 20.3. The fraction of sp³-hybridized carbons (Fsp3) is 0.238. The predicted octanol–water partition coefficient (Wildman–Crippen LogP) is 3.62. The summed E-state index contributed by atoms with van der Waals surface area (Å²) in [6.45, 7) is 1.84. The molecule has 0 aliphatic heterocycles. The van der Waals surface area contributed by atoms with E-state index >= 15 is 0 Å². The van der Waals surface area contributed by atoms with Crippen molar-refractivity contribution < 1.29 is 29.3 Å². The van der Waals surface area contributed by atoms with Crippen LogP contribution in [0.1, 0.15) is 18.6 Å². The minimum Gasteiger partial charge on any atom is -0.491 e. The number of ether oxygens (including phenoxy) is 2. The number of nitrogens with one attached hydrogen (secondary N) is 1. The molecule has 0 unspecified atom stereocenters. The number of benzene rings is 2. The zero-order valence-corrected chi connectivity index (χ0v) is 15.4. The highest BCUT2D eigenvalue weighted by molar-refractivity contribution is 5.84. The summed E-state index contributed by atoms with van der Waals surface area (Å²) in [5.41, 5.74) is 1.27. The second kappa shape index (κ2) is 10.7. The van der Waals surface area contributed by atoms with Gasteiger partial charge in [-0.05, 0) is 29.8 Å². The Balaban J connectivity index is 2.16. The lowest BCUT2D eigenvalue weighted by Gasteiger charge is -2.23. The second-order valence-corrected chi connectivity index (χ2v) is 6.01. The Morgan fingerprint density at radius 2 is 1.79 bits per heavy atom. The van der Waals surface area contributed by atoms with Gasteiger partial charge < -0.3 is 19.7 Å². The quantitative estimate of drug-likeness (QED) is 0.570. The van der Waals surface area contributed by atoms with Crippen LogP contribution in [0.4, 0.5) is 10.5 Å². The van der Waals surface area contributed by atoms with Gasteiger partial charge in [0.15, 0.2) is 0 Å². The van der Waals surface area contributed by atoms with Gasteiger partial charge in [0.1, 0.15) is 18.5 Å². The number of anilines is 1. The van der Waals surface area contributed by atoms with E-state index in [0.717, 1.165) is 6.08 Å². The molecule has 0 aromatic heterocycles. The molecule has 1 amide bonds. The number of amides is 1. The molecule has 0 radical (unpaired) electrons. The lowest BCUT2D eigenvalue weighted by atomic mass is 9.96. The number of carboxylic acids is 1. The summed E-state index contributed by atoms with van der Waals surface area (Å²) in [4.78, 5) is 23.1. The van der Waals surface area contributed by atoms with Crippen molar-refractivity contribution in [2.24, 2.45) is 5.92 Å². The molecule has 28 heavy (non-hydrogen) atoms. The minimum atomic E-state index is -1.08. The van der Waals surface area contributed by atoms with Crippen LogP contribution in [0.15, 0.2) is 66.7 Å². The maximum Gasteiger partial charge on any atom is 0.412 e. The van der Waals surface area contributed by atoms with Crippen LogP contribution in [0.5, 0.6) is 5.75 Å². The van der Waals surface area contributed by atoms with E-state index < -0.39 is 18.2 Å². The molecular weight excluding hydrogens is 362 g/mol. The maximum absolute atomic E-state index is 12.3. The first-order valence-corrected chi connectivity index (χ1v) is 8.77. The van der Waals surface area contributed by atoms with Crippen LogP contribution < -0.4 is 10.1 Å². The summed E-state index contributed by atoms with van der Waals surface area (Å²) in [5.74, 6) is -0.895. The fourth-order valence-electron chi connectivity index (χ4n) is 2.52. The maximum atomic E-state index is 12.3. The monoisotopic (exact) mass is 385 g/mol. The molecule has 0 aliphatic carbocycles. The third-order valence-electron chi connectivity index (χ3n) is 3.84. The van der Waals surface area contributed by atoms with E-state index in [1.54, 1.807) is 55.5 Å². The number of para-hydroxylation sites is 1. The third kappa shape index (κ3) is 6.77. The number of carboxylic acid groups (broad SMARTS) is 1. The minimum absolute atomic E-state index is 0.0931. The van der Waals surface area contributed by atoms with E-state index in [1.807, 2.05) is 6.07 Å². The van der Waals surface area contributed by atoms with Gasteiger partial charge in [-0.2, -0.15) is 0 Å². The van der Waals surface area contributed by atoms with Crippen molar-refractivity contribution in [2.45, 2.75) is 13.0 Å². The molecule has 2 atom stereocenters. The van der Waals surface area contributed by atoms with Crippen LogP contribution in [0.25, 0.3) is 0 Å². The first-order valence-electron chi connectivity index (χ1n) is 8.77. The van der Waals surface area contributed by atoms with Gasteiger partial charge in [-0.1, -0.05) is 43.3 Å². The predicted molar refractivity (Wildman–Crippen MR) is 104 cm³/mol. The molecule has 0 fully saturated rings. The highest BCUT2D eigenvalue weighted by Gasteiger charge is 2.22. The number of rotatable bonds is 9. The normalized spacial score (nSPS) is 12.9. The summed E-state index contributed by atoms with van der Waals surface area (Å²) >= 11 is 0. The zero-order chi connectivity index (χ0) is 20.4. The second-order valence-electron chi connectivity index (χ2n) is 6.01. The van der Waals surface area contributed by atoms with Gasteiger partial charge in [-0.3, -0.25) is 5.32 Å². The van der Waals surface area contributed by atoms with E-state index in [-0.39, 0.29) is 19.1 Å². The Morgan fingerprint density at radius 1 is 1.11 bits per heavy atom. The number of aliphatic hydroxyl groups excluding tert-OH is 1. The van der Waals surface area contributed by atoms with Gasteiger partial charge in [-0.25, -0.2) is 9.59 Å². The number of hydrogen-bond donors (Lipinski definition) is 3. The van der Waals surface area contributed by atoms with Crippen LogP contribution in [0.2, 0.25) is 0 Å². The number of aliphatic carboxylic acids is 1. The molecule has 7 nitrogen and oxygen atoms in total. The number of carbonyl (C=O) groups excluding carboxylic acids is 1. The van der Waals surface area contributed by atoms with Crippen LogP contribution >= 0.6 is 0 Å². The lowest BCUT2D eigenvalue weighted by Crippen LogP contribution is -2.21. The van der Waals surface area contributed by atoms with Crippen molar-refractivity contribution in [2.75, 3.05) is 18.5 Å². The van der Waals surface area contributed by atoms with Crippen LogP contribution in [0, 0.1) is 5.92 Å². The summed E-state index contributed by atoms with van der Waals surface area (Å²) in [6.07, 6.45) is 1.15. The molecular formula is C21H23NO6. The standard InChI is InChI=1S/C21H23NO6/c1-15(7-12-19(24)25)20(16-8-10-18(11-9-16)27-14-13-23)28-21(26)22-17-5-3-2-4-6-17/h2-12,15,20,23H,13-14H2,1H3,(H,22,26)(H,24,25)/b12-7+/t15-,20+/m0/s1. The smallest absolute Gasteiger partial charge is 0.412 e. The first-order chi connectivity index (χ1) is 13.5. The Hall–Kier alpha value is -3.32. The molecule has 2 aromatic carbocycles. The third-order valence-corrected chi connectivity index (χ3v) is 3.84. The molecule has 2 aromatic rings. The number of carbonyl (C=O) groups is 2. The molecule has 0 saturated carbocycles. The Morgan fingerprint density at radius 3 is 2.39 bits per heavy atom. The molecule has 0 spiro atoms. The topological polar surface area (TPSA) is 105 Å². The van der Waals surface area contributed by atoms with Gasteiger partial charge in [-0.15, -0.1) is 0 Å². The summed E-state index contributed by atoms with van der Waals surface area (Å²) < 4.78 is 10.9. The van der Waals surface area contributed by atoms with Crippen molar-refractivity contribution >= 4 is 17.7 Å². The van der Waals surface area contributed by atoms with Gasteiger partial charge in [0.05, 0.1) is 6.61 Å². The van der Waals surface area contributed by atoms with Crippen LogP contribution in [0.3, 0.4) is 0 Å². The average Bonchev–Trinajstić information content (AvgIpc) is 2.70. The van der Waals surface area contributed by atoms with E-state index in [9.17, 15) is 9.59 Å². The summed E-state index contributed by atoms with van der Waals surface area (Å²) in [7, 11) is 0. The summed E-state index contributed by atoms with van der Waals surface area (Å²) in [6, 6.07) is 15.7. The van der Waals surface area contributed by atoms with Gasteiger partial charge in [0.25, 0.3) is 0 Å². The molecule has 0 bridgehead atoms. The molecule has 7 heteroatoms. The van der Waals surface area contributed by atoms with Crippen molar-refractivity contribution in [1.82, 2.24) is 0 Å². The molecule has 0 aliphatic rings. The Labute approximate surface area is 163 Å². The highest BCUT2D eigenvalue weighted by Crippen LogP contribution is 2.29. The zero-order valence-electron chi connectivity index (χ0n) is 15.4. The number of hydrogen-bond acceptors (Lipinski definition) is 5. The van der Waals surface area contributed by atoms with Gasteiger partial charge in [0.2, 0.25) is 0 Å². The van der Waals surface area contributed by atoms with E-state index in [1.165, 1.54) is 6.08 Å². The van der Waals surface area contributed by atoms with Crippen molar-refractivity contribution in [1.29, 1.82) is 0 Å². The SMILES string of the molecule is C[C@@H](/C=C/C(=O)O)[C@@H](OC(=O)Nc1ccccc1)c1ccc(OCCO)cc1. The van der Waals surface area contributed by atoms with E-state index in [0.29, 0.717) is 17.0 Å². The Bertz CT molecular complexity index is 788. The highest BCUT2D eigenvalue weighted by atomic mass is 16.6. The lowest BCUT2D eigenvalue weighted by molar-refractivity contribution is -0.131. The molecule has 3 N–H and O–H groups in total. The van der Waals surface area contributed by atoms with Crippen molar-refractivity contribution in [3.05, 3.63) is 72.3 Å². The largest absolute Gasteiger partial charge is 0.491 e. The molecule has 2 rings (SSSR count). The van der Waals surface area contributed by atoms with Crippen LogP contribution in [-0.4, -0.2) is 35.5 Å². The first kappa shape index (κ1) is 21.0. The van der Waals surface area contributed by atoms with Gasteiger partial charge >= 0.3 is 12.1 Å². The van der Waals surface area contributed by atoms with Crippen molar-refractivity contribution in [3.8, 4) is 5.75 Å². The fourth-order valence-corrected chi connectivity index (χ4v) is 2.52. The van der Waals surface area contributed by atoms with Gasteiger partial charge in [0, 0.05) is 17.7 Å². The molecule has 0 saturated heterocycles.